The molecule has 0 amide bonds. The second-order valence-corrected chi connectivity index (χ2v) is 6.57. The van der Waals surface area contributed by atoms with Crippen LogP contribution in [0.1, 0.15) is 27.3 Å². The van der Waals surface area contributed by atoms with E-state index < -0.39 is 0 Å². The lowest BCUT2D eigenvalue weighted by atomic mass is 10.1. The first-order chi connectivity index (χ1) is 12.1. The number of methoxy groups -OCH3 is 1. The number of ether oxygens (including phenoxy) is 1. The average Bonchev–Trinajstić information content (AvgIpc) is 3.00. The molecule has 5 nitrogen and oxygen atoms in total. The van der Waals surface area contributed by atoms with Crippen molar-refractivity contribution < 1.29 is 9.53 Å². The molecule has 0 aliphatic heterocycles. The summed E-state index contributed by atoms with van der Waals surface area (Å²) in [6, 6.07) is 15.6. The van der Waals surface area contributed by atoms with Crippen LogP contribution in [0.4, 0.5) is 0 Å². The quantitative estimate of drug-likeness (QED) is 0.513. The Morgan fingerprint density at radius 3 is 2.48 bits per heavy atom. The van der Waals surface area contributed by atoms with Gasteiger partial charge in [0, 0.05) is 5.75 Å². The van der Waals surface area contributed by atoms with E-state index in [0.717, 1.165) is 28.0 Å². The van der Waals surface area contributed by atoms with Gasteiger partial charge in [0.25, 0.3) is 0 Å². The second-order valence-electron chi connectivity index (χ2n) is 5.63. The third-order valence-corrected chi connectivity index (χ3v) is 4.89. The van der Waals surface area contributed by atoms with Crippen molar-refractivity contribution in [3.63, 3.8) is 0 Å². The summed E-state index contributed by atoms with van der Waals surface area (Å²) < 4.78 is 6.79. The number of aryl methyl sites for hydroxylation is 2. The fourth-order valence-corrected chi connectivity index (χ4v) is 3.48. The van der Waals surface area contributed by atoms with Crippen LogP contribution in [-0.4, -0.2) is 27.8 Å². The summed E-state index contributed by atoms with van der Waals surface area (Å²) in [4.78, 5) is 11.5. The van der Waals surface area contributed by atoms with Gasteiger partial charge in [-0.2, -0.15) is 0 Å². The number of rotatable bonds is 5. The first-order valence-electron chi connectivity index (χ1n) is 7.88. The number of hydrogen-bond acceptors (Lipinski definition) is 5. The maximum atomic E-state index is 11.5. The Labute approximate surface area is 151 Å². The summed E-state index contributed by atoms with van der Waals surface area (Å²) in [6.07, 6.45) is 0. The molecule has 3 aromatic rings. The molecule has 0 N–H and O–H groups in total. The van der Waals surface area contributed by atoms with Crippen LogP contribution in [-0.2, 0) is 10.5 Å². The van der Waals surface area contributed by atoms with Gasteiger partial charge < -0.3 is 4.74 Å². The number of esters is 1. The fourth-order valence-electron chi connectivity index (χ4n) is 2.53. The molecule has 0 atom stereocenters. The molecular weight excluding hydrogens is 334 g/mol. The van der Waals surface area contributed by atoms with Gasteiger partial charge in [-0.25, -0.2) is 4.79 Å². The van der Waals surface area contributed by atoms with E-state index in [9.17, 15) is 4.79 Å². The Morgan fingerprint density at radius 1 is 1.08 bits per heavy atom. The highest BCUT2D eigenvalue weighted by Gasteiger charge is 2.13. The third kappa shape index (κ3) is 3.74. The molecule has 1 heterocycles. The van der Waals surface area contributed by atoms with Crippen LogP contribution in [0.5, 0.6) is 0 Å². The maximum absolute atomic E-state index is 11.5. The highest BCUT2D eigenvalue weighted by Crippen LogP contribution is 2.26. The van der Waals surface area contributed by atoms with Crippen molar-refractivity contribution in [2.24, 2.45) is 0 Å². The van der Waals surface area contributed by atoms with E-state index in [2.05, 4.69) is 33.8 Å². The lowest BCUT2D eigenvalue weighted by Crippen LogP contribution is -2.02. The predicted octanol–water partition coefficient (Wildman–Crippen LogP) is 3.96. The van der Waals surface area contributed by atoms with Crippen molar-refractivity contribution in [2.75, 3.05) is 7.11 Å². The molecule has 0 aliphatic rings. The summed E-state index contributed by atoms with van der Waals surface area (Å²) in [5.74, 6) is 1.28. The molecule has 25 heavy (non-hydrogen) atoms. The zero-order valence-electron chi connectivity index (χ0n) is 14.4. The van der Waals surface area contributed by atoms with Crippen LogP contribution >= 0.6 is 11.8 Å². The predicted molar refractivity (Wildman–Crippen MR) is 98.2 cm³/mol. The molecule has 0 aliphatic carbocycles. The fraction of sp³-hybridized carbons (Fsp3) is 0.211. The summed E-state index contributed by atoms with van der Waals surface area (Å²) in [5, 5.41) is 9.39. The zero-order chi connectivity index (χ0) is 17.8. The minimum atomic E-state index is -0.325. The number of hydrogen-bond donors (Lipinski definition) is 0. The van der Waals surface area contributed by atoms with Gasteiger partial charge in [-0.3, -0.25) is 4.57 Å². The van der Waals surface area contributed by atoms with E-state index in [1.807, 2.05) is 31.2 Å². The first kappa shape index (κ1) is 17.2. The molecule has 1 aromatic heterocycles. The van der Waals surface area contributed by atoms with Crippen molar-refractivity contribution in [1.82, 2.24) is 14.8 Å². The third-order valence-electron chi connectivity index (χ3n) is 3.89. The Bertz CT molecular complexity index is 888. The topological polar surface area (TPSA) is 57.0 Å². The number of benzene rings is 2. The molecule has 0 radical (unpaired) electrons. The average molecular weight is 353 g/mol. The molecule has 128 valence electrons. The lowest BCUT2D eigenvalue weighted by molar-refractivity contribution is 0.0600. The largest absolute Gasteiger partial charge is 0.465 e. The molecule has 0 bridgehead atoms. The van der Waals surface area contributed by atoms with Crippen LogP contribution in [0.15, 0.2) is 53.7 Å². The number of carbonyl (C=O) groups is 1. The molecule has 0 unspecified atom stereocenters. The van der Waals surface area contributed by atoms with E-state index in [1.165, 1.54) is 12.7 Å². The van der Waals surface area contributed by atoms with Gasteiger partial charge in [-0.05, 0) is 43.2 Å². The van der Waals surface area contributed by atoms with Crippen molar-refractivity contribution >= 4 is 17.7 Å². The normalized spacial score (nSPS) is 10.7. The highest BCUT2D eigenvalue weighted by molar-refractivity contribution is 7.98. The van der Waals surface area contributed by atoms with Crippen molar-refractivity contribution in [3.8, 4) is 5.69 Å². The van der Waals surface area contributed by atoms with Crippen LogP contribution in [0, 0.1) is 13.8 Å². The molecular formula is C19H19N3O2S. The van der Waals surface area contributed by atoms with Crippen LogP contribution in [0.2, 0.25) is 0 Å². The van der Waals surface area contributed by atoms with Crippen molar-refractivity contribution in [2.45, 2.75) is 24.8 Å². The van der Waals surface area contributed by atoms with Crippen LogP contribution in [0.25, 0.3) is 5.69 Å². The first-order valence-corrected chi connectivity index (χ1v) is 8.87. The van der Waals surface area contributed by atoms with E-state index in [0.29, 0.717) is 5.56 Å². The molecule has 2 aromatic carbocycles. The second kappa shape index (κ2) is 7.53. The SMILES string of the molecule is COC(=O)c1ccc(CSc2nnc(C)n2-c2ccccc2C)cc1. The Hall–Kier alpha value is -2.60. The summed E-state index contributed by atoms with van der Waals surface area (Å²) in [5.41, 5.74) is 3.92. The highest BCUT2D eigenvalue weighted by atomic mass is 32.2. The minimum absolute atomic E-state index is 0.325. The molecule has 6 heteroatoms. The van der Waals surface area contributed by atoms with Crippen LogP contribution in [0.3, 0.4) is 0 Å². The number of para-hydroxylation sites is 1. The number of carbonyl (C=O) groups excluding carboxylic acids is 1. The van der Waals surface area contributed by atoms with Gasteiger partial charge in [-0.1, -0.05) is 42.1 Å². The number of thioether (sulfide) groups is 1. The molecule has 0 saturated carbocycles. The monoisotopic (exact) mass is 353 g/mol. The molecule has 0 fully saturated rings. The van der Waals surface area contributed by atoms with E-state index in [-0.39, 0.29) is 5.97 Å². The van der Waals surface area contributed by atoms with E-state index in [4.69, 9.17) is 4.74 Å². The van der Waals surface area contributed by atoms with Gasteiger partial charge in [0.05, 0.1) is 18.4 Å². The standard InChI is InChI=1S/C19H19N3O2S/c1-13-6-4-5-7-17(13)22-14(2)20-21-19(22)25-12-15-8-10-16(11-9-15)18(23)24-3/h4-11H,12H2,1-3H3. The summed E-state index contributed by atoms with van der Waals surface area (Å²) in [7, 11) is 1.38. The van der Waals surface area contributed by atoms with Gasteiger partial charge >= 0.3 is 5.97 Å². The lowest BCUT2D eigenvalue weighted by Gasteiger charge is -2.11. The Morgan fingerprint density at radius 2 is 1.80 bits per heavy atom. The van der Waals surface area contributed by atoms with Gasteiger partial charge in [0.2, 0.25) is 0 Å². The van der Waals surface area contributed by atoms with Gasteiger partial charge in [0.1, 0.15) is 5.82 Å². The Balaban J connectivity index is 1.79. The van der Waals surface area contributed by atoms with Crippen molar-refractivity contribution in [1.29, 1.82) is 0 Å². The van der Waals surface area contributed by atoms with E-state index in [1.54, 1.807) is 23.9 Å². The number of aromatic nitrogens is 3. The van der Waals surface area contributed by atoms with Crippen LogP contribution < -0.4 is 0 Å². The smallest absolute Gasteiger partial charge is 0.337 e. The van der Waals surface area contributed by atoms with E-state index >= 15 is 0 Å². The van der Waals surface area contributed by atoms with Gasteiger partial charge in [-0.15, -0.1) is 10.2 Å². The molecule has 0 saturated heterocycles. The summed E-state index contributed by atoms with van der Waals surface area (Å²) in [6.45, 7) is 4.03. The molecule has 0 spiro atoms. The molecule has 3 rings (SSSR count). The Kier molecular flexibility index (Phi) is 5.19. The zero-order valence-corrected chi connectivity index (χ0v) is 15.2. The van der Waals surface area contributed by atoms with Gasteiger partial charge in [0.15, 0.2) is 5.16 Å². The summed E-state index contributed by atoms with van der Waals surface area (Å²) >= 11 is 1.62. The number of nitrogens with zero attached hydrogens (tertiary/aromatic N) is 3. The minimum Gasteiger partial charge on any atom is -0.465 e. The van der Waals surface area contributed by atoms with Crippen molar-refractivity contribution in [3.05, 3.63) is 71.0 Å². The maximum Gasteiger partial charge on any atom is 0.337 e.